The normalized spacial score (nSPS) is 10.6. The predicted octanol–water partition coefficient (Wildman–Crippen LogP) is 1.10. The molecule has 3 aromatic carbocycles. The topological polar surface area (TPSA) is 26.3 Å². The highest BCUT2D eigenvalue weighted by Crippen LogP contribution is 2.54. The van der Waals surface area contributed by atoms with Gasteiger partial charge in [0, 0.05) is 5.57 Å². The van der Waals surface area contributed by atoms with Crippen LogP contribution in [0.3, 0.4) is 0 Å². The van der Waals surface area contributed by atoms with E-state index in [4.69, 9.17) is 4.74 Å². The number of benzene rings is 3. The number of carbonyl (C=O) groups excluding carboxylic acids is 1. The maximum atomic E-state index is 11.9. The molecule has 0 spiro atoms. The van der Waals surface area contributed by atoms with E-state index in [1.54, 1.807) is 6.92 Å². The van der Waals surface area contributed by atoms with Crippen molar-refractivity contribution in [2.45, 2.75) is 6.92 Å². The van der Waals surface area contributed by atoms with Crippen LogP contribution in [-0.4, -0.2) is 18.7 Å². The summed E-state index contributed by atoms with van der Waals surface area (Å²) in [4.78, 5) is 11.9. The zero-order valence-electron chi connectivity index (χ0n) is 15.9. The number of carbonyl (C=O) groups is 1. The fourth-order valence-electron chi connectivity index (χ4n) is 3.28. The van der Waals surface area contributed by atoms with Gasteiger partial charge in [0.25, 0.3) is 0 Å². The van der Waals surface area contributed by atoms with Crippen molar-refractivity contribution in [3.8, 4) is 0 Å². The van der Waals surface area contributed by atoms with E-state index in [2.05, 4.69) is 79.4 Å². The molecule has 3 rings (SSSR count). The lowest BCUT2D eigenvalue weighted by molar-refractivity contribution is -0.138. The van der Waals surface area contributed by atoms with Crippen molar-refractivity contribution >= 4 is 29.1 Å². The molecule has 28 heavy (non-hydrogen) atoms. The van der Waals surface area contributed by atoms with Crippen molar-refractivity contribution in [3.63, 3.8) is 0 Å². The van der Waals surface area contributed by atoms with Gasteiger partial charge in [-0.1, -0.05) is 61.2 Å². The molecule has 0 aromatic heterocycles. The Balaban J connectivity index is 0.00000280. The van der Waals surface area contributed by atoms with E-state index in [9.17, 15) is 4.79 Å². The first-order valence-corrected chi connectivity index (χ1v) is 11.0. The van der Waals surface area contributed by atoms with E-state index in [1.165, 1.54) is 15.9 Å². The molecule has 0 atom stereocenters. The fourth-order valence-corrected chi connectivity index (χ4v) is 7.36. The molecular weight excluding hydrogens is 387 g/mol. The van der Waals surface area contributed by atoms with E-state index < -0.39 is 7.26 Å². The second-order valence-corrected chi connectivity index (χ2v) is 10.1. The van der Waals surface area contributed by atoms with Crippen molar-refractivity contribution in [1.82, 2.24) is 0 Å². The van der Waals surface area contributed by atoms with E-state index in [-0.39, 0.29) is 18.4 Å². The average Bonchev–Trinajstić information content (AvgIpc) is 2.73. The summed E-state index contributed by atoms with van der Waals surface area (Å²) in [5, 5.41) is 3.86. The fraction of sp³-hybridized carbons (Fsp3) is 0.125. The molecule has 3 aromatic rings. The quantitative estimate of drug-likeness (QED) is 0.331. The summed E-state index contributed by atoms with van der Waals surface area (Å²) in [6.45, 7) is 5.72. The molecule has 0 amide bonds. The van der Waals surface area contributed by atoms with Crippen LogP contribution in [0.4, 0.5) is 0 Å². The summed E-state index contributed by atoms with van der Waals surface area (Å²) in [6.07, 6.45) is 0.754. The highest BCUT2D eigenvalue weighted by atomic mass is 35.5. The van der Waals surface area contributed by atoms with Gasteiger partial charge in [-0.3, -0.25) is 0 Å². The molecule has 0 aliphatic rings. The van der Waals surface area contributed by atoms with Crippen LogP contribution in [0.2, 0.25) is 0 Å². The molecule has 2 nitrogen and oxygen atoms in total. The number of ether oxygens (including phenoxy) is 1. The van der Waals surface area contributed by atoms with Gasteiger partial charge in [0.15, 0.2) is 0 Å². The summed E-state index contributed by atoms with van der Waals surface area (Å²) >= 11 is 0. The third kappa shape index (κ3) is 4.70. The smallest absolute Gasteiger partial charge is 0.333 e. The van der Waals surface area contributed by atoms with E-state index >= 15 is 0 Å². The molecule has 4 heteroatoms. The number of hydrogen-bond donors (Lipinski definition) is 0. The molecule has 0 bridgehead atoms. The summed E-state index contributed by atoms with van der Waals surface area (Å²) < 4.78 is 5.51. The SMILES string of the molecule is C=C(C)C(=O)OCC[P+](c1ccccc1)(c1ccccc1)c1ccccc1.[Cl-]. The first-order chi connectivity index (χ1) is 13.1. The molecule has 0 unspecified atom stereocenters. The molecule has 0 saturated heterocycles. The first kappa shape index (κ1) is 21.9. The van der Waals surface area contributed by atoms with Gasteiger partial charge in [0.05, 0.1) is 0 Å². The lowest BCUT2D eigenvalue weighted by atomic mass is 10.4. The van der Waals surface area contributed by atoms with Gasteiger partial charge >= 0.3 is 5.97 Å². The molecule has 0 N–H and O–H groups in total. The second kappa shape index (κ2) is 10.2. The van der Waals surface area contributed by atoms with E-state index in [0.29, 0.717) is 12.2 Å². The minimum atomic E-state index is -1.95. The Morgan fingerprint density at radius 2 is 1.14 bits per heavy atom. The first-order valence-electron chi connectivity index (χ1n) is 9.02. The Kier molecular flexibility index (Phi) is 7.99. The summed E-state index contributed by atoms with van der Waals surface area (Å²) in [5.74, 6) is -0.331. The van der Waals surface area contributed by atoms with Crippen molar-refractivity contribution in [2.24, 2.45) is 0 Å². The van der Waals surface area contributed by atoms with Gasteiger partial charge in [0.1, 0.15) is 35.9 Å². The van der Waals surface area contributed by atoms with Gasteiger partial charge in [-0.25, -0.2) is 4.79 Å². The molecule has 0 fully saturated rings. The number of esters is 1. The van der Waals surface area contributed by atoms with Gasteiger partial charge in [0.2, 0.25) is 0 Å². The van der Waals surface area contributed by atoms with Crippen LogP contribution in [0.1, 0.15) is 6.92 Å². The zero-order chi connectivity index (χ0) is 19.1. The number of hydrogen-bond acceptors (Lipinski definition) is 2. The van der Waals surface area contributed by atoms with Crippen LogP contribution in [0.15, 0.2) is 103 Å². The maximum absolute atomic E-state index is 11.9. The minimum Gasteiger partial charge on any atom is -1.00 e. The third-order valence-corrected chi connectivity index (χ3v) is 8.99. The van der Waals surface area contributed by atoms with Crippen molar-refractivity contribution in [1.29, 1.82) is 0 Å². The lowest BCUT2D eigenvalue weighted by Crippen LogP contribution is -3.00. The van der Waals surface area contributed by atoms with Gasteiger partial charge in [-0.2, -0.15) is 0 Å². The molecule has 0 aliphatic carbocycles. The van der Waals surface area contributed by atoms with E-state index in [0.717, 1.165) is 6.16 Å². The van der Waals surface area contributed by atoms with Crippen LogP contribution < -0.4 is 28.3 Å². The molecular formula is C24H24ClO2P. The predicted molar refractivity (Wildman–Crippen MR) is 116 cm³/mol. The highest BCUT2D eigenvalue weighted by molar-refractivity contribution is 7.95. The molecule has 144 valence electrons. The Labute approximate surface area is 174 Å². The van der Waals surface area contributed by atoms with Crippen molar-refractivity contribution in [2.75, 3.05) is 12.8 Å². The largest absolute Gasteiger partial charge is 1.00 e. The Bertz CT molecular complexity index is 799. The summed E-state index contributed by atoms with van der Waals surface area (Å²) in [5.41, 5.74) is 0.429. The molecule has 0 heterocycles. The molecule has 0 radical (unpaired) electrons. The lowest BCUT2D eigenvalue weighted by Gasteiger charge is -2.27. The molecule has 0 aliphatic heterocycles. The number of rotatable bonds is 7. The zero-order valence-corrected chi connectivity index (χ0v) is 17.6. The van der Waals surface area contributed by atoms with E-state index in [1.807, 2.05) is 18.2 Å². The monoisotopic (exact) mass is 410 g/mol. The Morgan fingerprint density at radius 1 is 0.786 bits per heavy atom. The van der Waals surface area contributed by atoms with Crippen LogP contribution >= 0.6 is 7.26 Å². The second-order valence-electron chi connectivity index (χ2n) is 6.46. The molecule has 0 saturated carbocycles. The summed E-state index contributed by atoms with van der Waals surface area (Å²) in [6, 6.07) is 31.7. The highest BCUT2D eigenvalue weighted by Gasteiger charge is 2.45. The van der Waals surface area contributed by atoms with Crippen LogP contribution in [-0.2, 0) is 9.53 Å². The Hall–Kier alpha value is -2.41. The Morgan fingerprint density at radius 3 is 1.46 bits per heavy atom. The van der Waals surface area contributed by atoms with Crippen LogP contribution in [0, 0.1) is 0 Å². The van der Waals surface area contributed by atoms with Gasteiger partial charge in [-0.05, 0) is 43.3 Å². The third-order valence-electron chi connectivity index (χ3n) is 4.60. The van der Waals surface area contributed by atoms with Crippen LogP contribution in [0.5, 0.6) is 0 Å². The van der Waals surface area contributed by atoms with Gasteiger partial charge < -0.3 is 17.1 Å². The number of halogens is 1. The van der Waals surface area contributed by atoms with Crippen LogP contribution in [0.25, 0.3) is 0 Å². The minimum absolute atomic E-state index is 0. The summed E-state index contributed by atoms with van der Waals surface area (Å²) in [7, 11) is -1.95. The van der Waals surface area contributed by atoms with Crippen molar-refractivity contribution < 1.29 is 21.9 Å². The van der Waals surface area contributed by atoms with Crippen molar-refractivity contribution in [3.05, 3.63) is 103 Å². The van der Waals surface area contributed by atoms with Gasteiger partial charge in [-0.15, -0.1) is 0 Å². The average molecular weight is 411 g/mol. The standard InChI is InChI=1S/C24H24O2P.ClH/c1-20(2)24(25)26-18-19-27(21-12-6-3-7-13-21,22-14-8-4-9-15-22)23-16-10-5-11-17-23;/h3-17H,1,18-19H2,2H3;1H/q+1;/p-1. The maximum Gasteiger partial charge on any atom is 0.333 e.